The van der Waals surface area contributed by atoms with Crippen LogP contribution in [0.2, 0.25) is 0 Å². The van der Waals surface area contributed by atoms with Crippen molar-refractivity contribution < 1.29 is 0 Å². The lowest BCUT2D eigenvalue weighted by Gasteiger charge is -2.44. The molecule has 2 saturated carbocycles. The van der Waals surface area contributed by atoms with Crippen LogP contribution in [0, 0.1) is 29.6 Å². The van der Waals surface area contributed by atoms with Crippen LogP contribution in [0.1, 0.15) is 75.5 Å². The molecule has 2 fully saturated rings. The Morgan fingerprint density at radius 1 is 0.769 bits per heavy atom. The summed E-state index contributed by atoms with van der Waals surface area (Å²) in [4.78, 5) is 0. The molecule has 26 heavy (non-hydrogen) atoms. The number of hydrogen-bond acceptors (Lipinski definition) is 0. The van der Waals surface area contributed by atoms with Gasteiger partial charge in [0.1, 0.15) is 0 Å². The van der Waals surface area contributed by atoms with Gasteiger partial charge in [0, 0.05) is 0 Å². The summed E-state index contributed by atoms with van der Waals surface area (Å²) < 4.78 is 0. The number of fused-ring (bicyclic) bond motifs is 2. The molecule has 0 heteroatoms. The molecule has 0 nitrogen and oxygen atoms in total. The molecule has 140 valence electrons. The molecule has 2 unspecified atom stereocenters. The van der Waals surface area contributed by atoms with Gasteiger partial charge in [0.25, 0.3) is 0 Å². The second-order valence-electron chi connectivity index (χ2n) is 9.22. The van der Waals surface area contributed by atoms with Gasteiger partial charge in [-0.05, 0) is 118 Å². The molecule has 0 saturated heterocycles. The molecular weight excluding hydrogens is 312 g/mol. The molecule has 5 atom stereocenters. The molecule has 4 rings (SSSR count). The summed E-state index contributed by atoms with van der Waals surface area (Å²) in [7, 11) is 0. The Bertz CT molecular complexity index is 665. The van der Waals surface area contributed by atoms with Gasteiger partial charge in [-0.1, -0.05) is 42.5 Å². The fourth-order valence-electron chi connectivity index (χ4n) is 6.34. The minimum absolute atomic E-state index is 0.880. The van der Waals surface area contributed by atoms with Gasteiger partial charge in [-0.2, -0.15) is 0 Å². The molecule has 1 aromatic carbocycles. The number of benzene rings is 1. The Morgan fingerprint density at radius 2 is 1.54 bits per heavy atom. The fourth-order valence-corrected chi connectivity index (χ4v) is 6.34. The van der Waals surface area contributed by atoms with Crippen LogP contribution in [0.5, 0.6) is 0 Å². The van der Waals surface area contributed by atoms with E-state index in [1.54, 1.807) is 11.1 Å². The molecular formula is C26H36. The zero-order valence-corrected chi connectivity index (χ0v) is 16.8. The van der Waals surface area contributed by atoms with Crippen molar-refractivity contribution in [2.24, 2.45) is 29.6 Å². The molecule has 0 spiro atoms. The second-order valence-corrected chi connectivity index (χ2v) is 9.22. The van der Waals surface area contributed by atoms with Gasteiger partial charge in [0.15, 0.2) is 0 Å². The first-order valence-electron chi connectivity index (χ1n) is 11.1. The zero-order chi connectivity index (χ0) is 17.9. The number of aryl methyl sites for hydroxylation is 1. The van der Waals surface area contributed by atoms with Crippen LogP contribution in [0.3, 0.4) is 0 Å². The largest absolute Gasteiger partial charge is 0.0914 e. The summed E-state index contributed by atoms with van der Waals surface area (Å²) in [6.07, 6.45) is 22.2. The average molecular weight is 349 g/mol. The van der Waals surface area contributed by atoms with Gasteiger partial charge in [-0.3, -0.25) is 0 Å². The predicted molar refractivity (Wildman–Crippen MR) is 113 cm³/mol. The number of hydrogen-bond donors (Lipinski definition) is 0. The predicted octanol–water partition coefficient (Wildman–Crippen LogP) is 7.23. The molecule has 1 aromatic rings. The van der Waals surface area contributed by atoms with Crippen molar-refractivity contribution in [2.45, 2.75) is 71.6 Å². The van der Waals surface area contributed by atoms with Gasteiger partial charge >= 0.3 is 0 Å². The summed E-state index contributed by atoms with van der Waals surface area (Å²) in [6, 6.07) is 7.18. The van der Waals surface area contributed by atoms with E-state index in [0.29, 0.717) is 0 Å². The molecule has 0 radical (unpaired) electrons. The van der Waals surface area contributed by atoms with E-state index in [1.165, 1.54) is 63.4 Å². The summed E-state index contributed by atoms with van der Waals surface area (Å²) in [6.45, 7) is 4.29. The fraction of sp³-hybridized carbons (Fsp3) is 0.615. The van der Waals surface area contributed by atoms with Crippen LogP contribution in [0.25, 0.3) is 6.08 Å². The summed E-state index contributed by atoms with van der Waals surface area (Å²) in [5.74, 6) is 4.89. The Hall–Kier alpha value is -1.30. The van der Waals surface area contributed by atoms with E-state index in [2.05, 4.69) is 56.4 Å². The van der Waals surface area contributed by atoms with E-state index in [0.717, 1.165) is 29.6 Å². The Labute approximate surface area is 160 Å². The van der Waals surface area contributed by atoms with Crippen molar-refractivity contribution in [3.8, 4) is 0 Å². The van der Waals surface area contributed by atoms with Crippen LogP contribution in [-0.4, -0.2) is 0 Å². The SMILES string of the molecule is CC=Cc1ccc2c(c1)CCC(C1CC[C@@H]3C[C@H](C=CC)CC[C@@H]3C1)C2. The first kappa shape index (κ1) is 18.1. The first-order chi connectivity index (χ1) is 12.8. The van der Waals surface area contributed by atoms with Crippen molar-refractivity contribution in [2.75, 3.05) is 0 Å². The summed E-state index contributed by atoms with van der Waals surface area (Å²) in [5, 5.41) is 0. The van der Waals surface area contributed by atoms with E-state index in [4.69, 9.17) is 0 Å². The quantitative estimate of drug-likeness (QED) is 0.505. The van der Waals surface area contributed by atoms with E-state index < -0.39 is 0 Å². The average Bonchev–Trinajstić information content (AvgIpc) is 2.68. The third-order valence-corrected chi connectivity index (χ3v) is 7.68. The highest BCUT2D eigenvalue weighted by molar-refractivity contribution is 5.52. The number of rotatable bonds is 3. The highest BCUT2D eigenvalue weighted by Crippen LogP contribution is 2.48. The normalized spacial score (nSPS) is 34.8. The van der Waals surface area contributed by atoms with Crippen molar-refractivity contribution in [1.82, 2.24) is 0 Å². The van der Waals surface area contributed by atoms with Crippen molar-refractivity contribution in [1.29, 1.82) is 0 Å². The van der Waals surface area contributed by atoms with Crippen LogP contribution < -0.4 is 0 Å². The molecule has 0 bridgehead atoms. The lowest BCUT2D eigenvalue weighted by molar-refractivity contribution is 0.0810. The lowest BCUT2D eigenvalue weighted by Crippen LogP contribution is -2.34. The minimum atomic E-state index is 0.880. The second kappa shape index (κ2) is 8.15. The first-order valence-corrected chi connectivity index (χ1v) is 11.1. The highest BCUT2D eigenvalue weighted by atomic mass is 14.4. The van der Waals surface area contributed by atoms with Gasteiger partial charge < -0.3 is 0 Å². The smallest absolute Gasteiger partial charge is 0.0231 e. The molecule has 0 heterocycles. The lowest BCUT2D eigenvalue weighted by atomic mass is 9.61. The molecule has 3 aliphatic rings. The molecule has 0 amide bonds. The Kier molecular flexibility index (Phi) is 5.67. The van der Waals surface area contributed by atoms with Crippen LogP contribution >= 0.6 is 0 Å². The van der Waals surface area contributed by atoms with Crippen LogP contribution in [0.15, 0.2) is 36.4 Å². The summed E-state index contributed by atoms with van der Waals surface area (Å²) >= 11 is 0. The molecule has 0 aliphatic heterocycles. The standard InChI is InChI=1S/C26H36/c1-3-5-19-7-9-23-17-25(13-11-21(23)15-19)26-14-12-22-16-20(6-4-2)8-10-24(22)18-26/h3-7,9,15,20,22,24-26H,8,10-14,16-18H2,1-2H3/t20-,22-,24-,25?,26?/m1/s1. The zero-order valence-electron chi connectivity index (χ0n) is 16.8. The van der Waals surface area contributed by atoms with E-state index in [-0.39, 0.29) is 0 Å². The maximum atomic E-state index is 2.47. The summed E-state index contributed by atoms with van der Waals surface area (Å²) in [5.41, 5.74) is 4.65. The van der Waals surface area contributed by atoms with Crippen LogP contribution in [0.4, 0.5) is 0 Å². The molecule has 0 N–H and O–H groups in total. The Balaban J connectivity index is 1.38. The maximum Gasteiger partial charge on any atom is -0.0231 e. The van der Waals surface area contributed by atoms with Crippen LogP contribution in [-0.2, 0) is 12.8 Å². The third-order valence-electron chi connectivity index (χ3n) is 7.68. The monoisotopic (exact) mass is 348 g/mol. The minimum Gasteiger partial charge on any atom is -0.0914 e. The van der Waals surface area contributed by atoms with E-state index >= 15 is 0 Å². The van der Waals surface area contributed by atoms with E-state index in [9.17, 15) is 0 Å². The van der Waals surface area contributed by atoms with Crippen molar-refractivity contribution in [3.05, 3.63) is 53.1 Å². The highest BCUT2D eigenvalue weighted by Gasteiger charge is 2.38. The Morgan fingerprint density at radius 3 is 2.35 bits per heavy atom. The number of allylic oxidation sites excluding steroid dienone is 3. The topological polar surface area (TPSA) is 0 Å². The van der Waals surface area contributed by atoms with Gasteiger partial charge in [-0.25, -0.2) is 0 Å². The van der Waals surface area contributed by atoms with Gasteiger partial charge in [0.05, 0.1) is 0 Å². The van der Waals surface area contributed by atoms with Gasteiger partial charge in [-0.15, -0.1) is 0 Å². The molecule has 3 aliphatic carbocycles. The molecule has 0 aromatic heterocycles. The third kappa shape index (κ3) is 3.85. The van der Waals surface area contributed by atoms with Crippen molar-refractivity contribution >= 4 is 6.08 Å². The maximum absolute atomic E-state index is 2.47. The van der Waals surface area contributed by atoms with Gasteiger partial charge in [0.2, 0.25) is 0 Å². The van der Waals surface area contributed by atoms with E-state index in [1.807, 2.05) is 0 Å². The van der Waals surface area contributed by atoms with Crippen molar-refractivity contribution in [3.63, 3.8) is 0 Å².